The van der Waals surface area contributed by atoms with Gasteiger partial charge in [-0.15, -0.1) is 0 Å². The van der Waals surface area contributed by atoms with Gasteiger partial charge in [0.25, 0.3) is 4.84 Å². The number of para-hydroxylation sites is 1. The number of sulfone groups is 1. The maximum Gasteiger partial charge on any atom is 0.274 e. The number of nitrogens with zero attached hydrogens (tertiary/aromatic N) is 2. The number of benzene rings is 2. The molecule has 1 aliphatic rings. The number of hydrogen-bond donors (Lipinski definition) is 1. The molecule has 6 nitrogen and oxygen atoms in total. The third kappa shape index (κ3) is 3.72. The number of oxazole rings is 1. The number of rotatable bonds is 5. The average Bonchev–Trinajstić information content (AvgIpc) is 3.04. The molecule has 1 aromatic heterocycles. The lowest BCUT2D eigenvalue weighted by atomic mass is 10.2. The molecule has 3 aromatic rings. The van der Waals surface area contributed by atoms with E-state index in [-0.39, 0.29) is 5.75 Å². The second kappa shape index (κ2) is 7.69. The van der Waals surface area contributed by atoms with Crippen molar-refractivity contribution in [1.82, 2.24) is 4.57 Å². The Hall–Kier alpha value is -2.16. The molecule has 0 atom stereocenters. The molecule has 2 heterocycles. The summed E-state index contributed by atoms with van der Waals surface area (Å²) in [7, 11) is -3.27. The van der Waals surface area contributed by atoms with Crippen LogP contribution in [0.4, 0.5) is 5.69 Å². The van der Waals surface area contributed by atoms with Gasteiger partial charge in [0.05, 0.1) is 42.3 Å². The molecule has 0 aliphatic carbocycles. The largest absolute Gasteiger partial charge is 0.429 e. The van der Waals surface area contributed by atoms with E-state index in [0.717, 1.165) is 31.7 Å². The lowest BCUT2D eigenvalue weighted by Gasteiger charge is -2.33. The molecule has 8 heteroatoms. The van der Waals surface area contributed by atoms with Crippen molar-refractivity contribution in [3.8, 4) is 0 Å². The van der Waals surface area contributed by atoms with E-state index in [1.807, 2.05) is 10.6 Å². The molecule has 1 N–H and O–H groups in total. The minimum absolute atomic E-state index is 0.0732. The molecule has 0 unspecified atom stereocenters. The summed E-state index contributed by atoms with van der Waals surface area (Å²) in [6.07, 6.45) is 0. The molecular formula is C20H24N3O3S2+. The number of nitrogens with one attached hydrogen (secondary N) is 1. The zero-order valence-electron chi connectivity index (χ0n) is 15.8. The Morgan fingerprint density at radius 2 is 1.82 bits per heavy atom. The van der Waals surface area contributed by atoms with E-state index in [0.29, 0.717) is 22.0 Å². The zero-order valence-corrected chi connectivity index (χ0v) is 17.4. The van der Waals surface area contributed by atoms with Crippen LogP contribution in [-0.2, 0) is 16.5 Å². The van der Waals surface area contributed by atoms with Crippen molar-refractivity contribution in [3.05, 3.63) is 53.4 Å². The standard InChI is InChI=1S/C20H23N3O3S2/c1-2-28(24,25)17-8-9-19-18(14-17)23(20(27)26-19)15-21-10-12-22(13-11-21)16-6-4-3-5-7-16/h3-9,14H,2,10-13,15H2,1H3/p+1. The quantitative estimate of drug-likeness (QED) is 0.643. The van der Waals surface area contributed by atoms with Crippen molar-refractivity contribution in [1.29, 1.82) is 0 Å². The Morgan fingerprint density at radius 1 is 1.11 bits per heavy atom. The highest BCUT2D eigenvalue weighted by atomic mass is 32.2. The highest BCUT2D eigenvalue weighted by Crippen LogP contribution is 2.22. The van der Waals surface area contributed by atoms with Crippen molar-refractivity contribution in [3.63, 3.8) is 0 Å². The minimum Gasteiger partial charge on any atom is -0.429 e. The molecule has 148 valence electrons. The minimum atomic E-state index is -3.27. The van der Waals surface area contributed by atoms with Crippen molar-refractivity contribution in [2.24, 2.45) is 0 Å². The molecular weight excluding hydrogens is 394 g/mol. The monoisotopic (exact) mass is 418 g/mol. The number of hydrogen-bond acceptors (Lipinski definition) is 5. The Bertz CT molecular complexity index is 1130. The second-order valence-corrected chi connectivity index (χ2v) is 9.69. The fourth-order valence-electron chi connectivity index (χ4n) is 3.65. The first kappa shape index (κ1) is 19.2. The van der Waals surface area contributed by atoms with Gasteiger partial charge in [-0.25, -0.2) is 8.42 Å². The van der Waals surface area contributed by atoms with Crippen LogP contribution in [0.5, 0.6) is 0 Å². The van der Waals surface area contributed by atoms with Gasteiger partial charge in [-0.3, -0.25) is 4.57 Å². The van der Waals surface area contributed by atoms with Gasteiger partial charge in [-0.1, -0.05) is 25.1 Å². The maximum absolute atomic E-state index is 12.2. The summed E-state index contributed by atoms with van der Waals surface area (Å²) in [6.45, 7) is 6.23. The van der Waals surface area contributed by atoms with Gasteiger partial charge in [0.2, 0.25) is 0 Å². The maximum atomic E-state index is 12.2. The summed E-state index contributed by atoms with van der Waals surface area (Å²) in [5, 5.41) is 0. The summed E-state index contributed by atoms with van der Waals surface area (Å²) in [4.78, 5) is 4.49. The smallest absolute Gasteiger partial charge is 0.274 e. The van der Waals surface area contributed by atoms with Crippen LogP contribution >= 0.6 is 12.2 Å². The van der Waals surface area contributed by atoms with E-state index in [1.54, 1.807) is 25.1 Å². The highest BCUT2D eigenvalue weighted by Gasteiger charge is 2.22. The van der Waals surface area contributed by atoms with E-state index in [9.17, 15) is 8.42 Å². The molecule has 2 aromatic carbocycles. The summed E-state index contributed by atoms with van der Waals surface area (Å²) >= 11 is 5.41. The molecule has 1 aliphatic heterocycles. The highest BCUT2D eigenvalue weighted by molar-refractivity contribution is 7.91. The van der Waals surface area contributed by atoms with Crippen molar-refractivity contribution < 1.29 is 17.7 Å². The van der Waals surface area contributed by atoms with Crippen molar-refractivity contribution in [2.75, 3.05) is 36.8 Å². The fourth-order valence-corrected chi connectivity index (χ4v) is 4.81. The molecule has 0 saturated carbocycles. The normalized spacial score (nSPS) is 16.0. The zero-order chi connectivity index (χ0) is 19.7. The van der Waals surface area contributed by atoms with Crippen LogP contribution in [0.3, 0.4) is 0 Å². The first-order valence-corrected chi connectivity index (χ1v) is 11.5. The Labute approximate surface area is 169 Å². The molecule has 0 spiro atoms. The van der Waals surface area contributed by atoms with Gasteiger partial charge in [0, 0.05) is 5.69 Å². The van der Waals surface area contributed by atoms with E-state index >= 15 is 0 Å². The molecule has 0 amide bonds. The van der Waals surface area contributed by atoms with E-state index < -0.39 is 9.84 Å². The summed E-state index contributed by atoms with van der Waals surface area (Å²) < 4.78 is 32.1. The Morgan fingerprint density at radius 3 is 2.50 bits per heavy atom. The lowest BCUT2D eigenvalue weighted by Crippen LogP contribution is -3.14. The predicted molar refractivity (Wildman–Crippen MR) is 112 cm³/mol. The fraction of sp³-hybridized carbons (Fsp3) is 0.350. The van der Waals surface area contributed by atoms with Gasteiger partial charge in [-0.2, -0.15) is 0 Å². The molecule has 0 radical (unpaired) electrons. The van der Waals surface area contributed by atoms with Gasteiger partial charge in [0.15, 0.2) is 22.1 Å². The van der Waals surface area contributed by atoms with Crippen LogP contribution in [0.2, 0.25) is 0 Å². The van der Waals surface area contributed by atoms with Crippen molar-refractivity contribution in [2.45, 2.75) is 18.5 Å². The number of aromatic nitrogens is 1. The number of anilines is 1. The molecule has 0 bridgehead atoms. The number of piperazine rings is 1. The van der Waals surface area contributed by atoms with Gasteiger partial charge < -0.3 is 14.2 Å². The first-order chi connectivity index (χ1) is 13.5. The number of fused-ring (bicyclic) bond motifs is 1. The van der Waals surface area contributed by atoms with Crippen LogP contribution in [-0.4, -0.2) is 44.9 Å². The van der Waals surface area contributed by atoms with Crippen LogP contribution in [0.15, 0.2) is 57.8 Å². The van der Waals surface area contributed by atoms with Crippen LogP contribution in [0, 0.1) is 4.84 Å². The third-order valence-electron chi connectivity index (χ3n) is 5.35. The molecule has 1 fully saturated rings. The van der Waals surface area contributed by atoms with Gasteiger partial charge in [-0.05, 0) is 42.5 Å². The third-order valence-corrected chi connectivity index (χ3v) is 7.39. The SMILES string of the molecule is CCS(=O)(=O)c1ccc2oc(=S)n(C[NH+]3CCN(c4ccccc4)CC3)c2c1. The van der Waals surface area contributed by atoms with Crippen LogP contribution < -0.4 is 9.80 Å². The van der Waals surface area contributed by atoms with E-state index in [4.69, 9.17) is 16.6 Å². The second-order valence-electron chi connectivity index (χ2n) is 7.06. The topological polar surface area (TPSA) is 59.9 Å². The van der Waals surface area contributed by atoms with Crippen LogP contribution in [0.1, 0.15) is 6.92 Å². The van der Waals surface area contributed by atoms with Gasteiger partial charge >= 0.3 is 0 Å². The van der Waals surface area contributed by atoms with Crippen LogP contribution in [0.25, 0.3) is 11.1 Å². The Kier molecular flexibility index (Phi) is 5.27. The summed E-state index contributed by atoms with van der Waals surface area (Å²) in [6, 6.07) is 15.4. The lowest BCUT2D eigenvalue weighted by molar-refractivity contribution is -0.923. The molecule has 28 heavy (non-hydrogen) atoms. The molecule has 4 rings (SSSR count). The Balaban J connectivity index is 1.54. The van der Waals surface area contributed by atoms with E-state index in [1.165, 1.54) is 10.6 Å². The number of quaternary nitrogens is 1. The van der Waals surface area contributed by atoms with E-state index in [2.05, 4.69) is 29.2 Å². The molecule has 1 saturated heterocycles. The van der Waals surface area contributed by atoms with Crippen molar-refractivity contribution >= 4 is 38.8 Å². The van der Waals surface area contributed by atoms with Gasteiger partial charge in [0.1, 0.15) is 0 Å². The predicted octanol–water partition coefficient (Wildman–Crippen LogP) is 2.12. The first-order valence-electron chi connectivity index (χ1n) is 9.47. The summed E-state index contributed by atoms with van der Waals surface area (Å²) in [5.41, 5.74) is 2.63. The summed E-state index contributed by atoms with van der Waals surface area (Å²) in [5.74, 6) is 0.0732. The average molecular weight is 419 g/mol.